The molecule has 16 heteroatoms. The molecule has 102 heavy (non-hydrogen) atoms. The van der Waals surface area contributed by atoms with Gasteiger partial charge in [-0.25, -0.2) is 5.84 Å². The van der Waals surface area contributed by atoms with E-state index in [0.717, 1.165) is 94.0 Å². The maximum Gasteiger partial charge on any atom is 0.265 e. The fraction of sp³-hybridized carbons (Fsp3) is 0.360. The number of hydrogen-bond donors (Lipinski definition) is 4. The maximum atomic E-state index is 12.1. The Morgan fingerprint density at radius 2 is 0.902 bits per heavy atom. The van der Waals surface area contributed by atoms with Crippen molar-refractivity contribution in [1.82, 2.24) is 35.0 Å². The molecule has 0 aliphatic heterocycles. The van der Waals surface area contributed by atoms with E-state index in [1.807, 2.05) is 127 Å². The second kappa shape index (κ2) is 41.1. The third-order valence-corrected chi connectivity index (χ3v) is 19.2. The Hall–Kier alpha value is -8.36. The van der Waals surface area contributed by atoms with Crippen molar-refractivity contribution in [3.63, 3.8) is 0 Å². The number of nitrogen functional groups attached to an aromatic ring is 2. The molecule has 0 saturated heterocycles. The zero-order chi connectivity index (χ0) is 75.6. The summed E-state index contributed by atoms with van der Waals surface area (Å²) in [4.78, 5) is 35.9. The van der Waals surface area contributed by atoms with Crippen LogP contribution in [0.25, 0.3) is 34.2 Å². The van der Waals surface area contributed by atoms with Crippen molar-refractivity contribution < 1.29 is 34.5 Å². The summed E-state index contributed by atoms with van der Waals surface area (Å²) in [6, 6.07) is 61.8. The number of Topliss-reactive ketones (excluding diaryl/α,β-unsaturated/α-hetero) is 1. The summed E-state index contributed by atoms with van der Waals surface area (Å²) in [6.07, 6.45) is 4.26. The van der Waals surface area contributed by atoms with Crippen LogP contribution in [0.5, 0.6) is 0 Å². The number of aryl methyl sites for hydroxylation is 10. The number of nitrogens with one attached hydrogen (secondary N) is 2. The number of benzene rings is 8. The molecule has 0 atom stereocenters. The van der Waals surface area contributed by atoms with Crippen molar-refractivity contribution >= 4 is 51.7 Å². The summed E-state index contributed by atoms with van der Waals surface area (Å²) >= 11 is 10.7. The van der Waals surface area contributed by atoms with Gasteiger partial charge < -0.3 is 10.3 Å². The summed E-state index contributed by atoms with van der Waals surface area (Å²) in [6.45, 7) is 45.9. The van der Waals surface area contributed by atoms with Gasteiger partial charge >= 0.3 is 0 Å². The Labute approximate surface area is 633 Å². The van der Waals surface area contributed by atoms with Crippen molar-refractivity contribution in [3.05, 3.63) is 260 Å². The van der Waals surface area contributed by atoms with Crippen LogP contribution in [-0.2, 0) is 46.9 Å². The SMILES string of the molecule is CCC(C)(C)C(=O)Cc1ccc(C)cc1C.CCC(C)(C)C(=O)Cl.CCC(C)(C)c1nnc(-c2[c-]cccc2)n1-c1ccc(C)cc1C.CCC(C)(C)c1nnc(-c2ccccc2)n1-c1ccc(C)cc1C.Cc1ccc(N)c(C)c1.Cc1ccc(NCl)c(C)c1.NNC(=O)c1ccccc1.[Ir]. The zero-order valence-electron chi connectivity index (χ0n) is 64.4. The Balaban J connectivity index is 0.000000323. The van der Waals surface area contributed by atoms with Gasteiger partial charge in [-0.1, -0.05) is 226 Å². The first kappa shape index (κ1) is 87.9. The van der Waals surface area contributed by atoms with Gasteiger partial charge in [0.2, 0.25) is 5.24 Å². The molecule has 0 aliphatic rings. The fourth-order valence-electron chi connectivity index (χ4n) is 10.0. The molecule has 0 saturated carbocycles. The fourth-order valence-corrected chi connectivity index (χ4v) is 10.4. The molecule has 0 unspecified atom stereocenters. The van der Waals surface area contributed by atoms with Crippen LogP contribution in [-0.4, -0.2) is 46.5 Å². The Bertz CT molecular complexity index is 4130. The van der Waals surface area contributed by atoms with Crippen molar-refractivity contribution in [2.75, 3.05) is 10.6 Å². The number of rotatable bonds is 16. The number of nitrogens with zero attached hydrogens (tertiary/aromatic N) is 6. The van der Waals surface area contributed by atoms with E-state index in [2.05, 4.69) is 223 Å². The molecule has 2 aromatic heterocycles. The van der Waals surface area contributed by atoms with Crippen molar-refractivity contribution in [2.45, 2.75) is 195 Å². The standard InChI is InChI=1S/C21H25N3.C21H24N3.C15H22O.C8H10ClN.C8H11N.C7H8N2O.C6H11ClO.Ir/c2*1-6-21(4,5)20-23-22-19(17-10-8-7-9-11-17)24(20)18-13-12-15(2)14-16(18)3;1-6-15(4,5)14(16)10-13-8-7-11(2)9-12(13)3;1-6-3-4-8(10-9)7(2)5-6;1-6-3-4-8(9)7(2)5-6;8-9-7(10)6-4-2-1-3-5-6;1-4-6(2,3)5(7)8;/h7-14H,6H2,1-5H3;7-10,12-14H,6H2,1-5H3;7-9H,6,10H2,1-5H3;3-5,10H,1-2H3;3-5H,9H2,1-2H3;1-5H,8H2,(H,9,10);4H2,1-3H3;/q;-1;;;;;;. The van der Waals surface area contributed by atoms with Gasteiger partial charge in [0.1, 0.15) is 17.4 Å². The molecule has 10 rings (SSSR count). The van der Waals surface area contributed by atoms with Crippen LogP contribution < -0.4 is 21.8 Å². The molecule has 0 fully saturated rings. The predicted octanol–water partition coefficient (Wildman–Crippen LogP) is 21.4. The monoisotopic (exact) mass is 1590 g/mol. The van der Waals surface area contributed by atoms with Crippen LogP contribution in [0.4, 0.5) is 11.4 Å². The third kappa shape index (κ3) is 25.9. The van der Waals surface area contributed by atoms with E-state index in [-0.39, 0.29) is 52.9 Å². The first-order valence-electron chi connectivity index (χ1n) is 34.7. The van der Waals surface area contributed by atoms with Gasteiger partial charge in [-0.3, -0.25) is 29.2 Å². The Morgan fingerprint density at radius 3 is 1.29 bits per heavy atom. The smallest absolute Gasteiger partial charge is 0.265 e. The number of carbonyl (C=O) groups is 3. The molecule has 2 heterocycles. The van der Waals surface area contributed by atoms with Gasteiger partial charge in [0.25, 0.3) is 5.91 Å². The molecule has 0 bridgehead atoms. The minimum absolute atomic E-state index is 0. The normalized spacial score (nSPS) is 10.9. The van der Waals surface area contributed by atoms with Gasteiger partial charge in [-0.15, -0.1) is 51.2 Å². The average Bonchev–Trinajstić information content (AvgIpc) is 1.60. The predicted molar refractivity (Wildman–Crippen MR) is 425 cm³/mol. The minimum Gasteiger partial charge on any atom is -0.399 e. The van der Waals surface area contributed by atoms with Gasteiger partial charge in [0.15, 0.2) is 5.82 Å². The van der Waals surface area contributed by atoms with E-state index in [0.29, 0.717) is 17.8 Å². The largest absolute Gasteiger partial charge is 0.399 e. The second-order valence-corrected chi connectivity index (χ2v) is 29.0. The topological polar surface area (TPSA) is 189 Å². The number of ketones is 1. The number of halogens is 2. The van der Waals surface area contributed by atoms with Crippen LogP contribution in [0, 0.1) is 86.1 Å². The molecule has 547 valence electrons. The number of nitrogens with two attached hydrogens (primary N) is 2. The molecule has 6 N–H and O–H groups in total. The number of carbonyl (C=O) groups excluding carboxylic acids is 3. The van der Waals surface area contributed by atoms with E-state index >= 15 is 0 Å². The van der Waals surface area contributed by atoms with Crippen molar-refractivity contribution in [1.29, 1.82) is 0 Å². The maximum absolute atomic E-state index is 12.1. The minimum atomic E-state index is -0.332. The second-order valence-electron chi connectivity index (χ2n) is 28.5. The average molecular weight is 1600 g/mol. The summed E-state index contributed by atoms with van der Waals surface area (Å²) in [5.74, 6) is 8.72. The molecule has 1 radical (unpaired) electrons. The number of hydrazine groups is 1. The number of hydrogen-bond acceptors (Lipinski definition) is 10. The van der Waals surface area contributed by atoms with Crippen LogP contribution >= 0.6 is 23.4 Å². The van der Waals surface area contributed by atoms with E-state index in [9.17, 15) is 14.4 Å². The van der Waals surface area contributed by atoms with E-state index in [1.54, 1.807) is 24.3 Å². The third-order valence-electron chi connectivity index (χ3n) is 18.5. The van der Waals surface area contributed by atoms with Gasteiger partial charge in [-0.05, 0) is 176 Å². The molecule has 1 amide bonds. The summed E-state index contributed by atoms with van der Waals surface area (Å²) in [7, 11) is 0. The molecular weight excluding hydrogens is 1480 g/mol. The van der Waals surface area contributed by atoms with E-state index < -0.39 is 0 Å². The van der Waals surface area contributed by atoms with Crippen LogP contribution in [0.1, 0.15) is 192 Å². The molecular formula is C86H111Cl2IrN10O3-. The first-order chi connectivity index (χ1) is 47.5. The Morgan fingerprint density at radius 1 is 0.480 bits per heavy atom. The van der Waals surface area contributed by atoms with E-state index in [4.69, 9.17) is 35.0 Å². The van der Waals surface area contributed by atoms with Crippen molar-refractivity contribution in [2.24, 2.45) is 16.7 Å². The first-order valence-corrected chi connectivity index (χ1v) is 35.5. The summed E-state index contributed by atoms with van der Waals surface area (Å²) in [5.41, 5.74) is 27.2. The van der Waals surface area contributed by atoms with Gasteiger partial charge in [0, 0.05) is 82.5 Å². The molecule has 0 spiro atoms. The van der Waals surface area contributed by atoms with Crippen molar-refractivity contribution in [3.8, 4) is 34.2 Å². The van der Waals surface area contributed by atoms with E-state index in [1.165, 1.54) is 50.1 Å². The van der Waals surface area contributed by atoms with Crippen LogP contribution in [0.15, 0.2) is 176 Å². The van der Waals surface area contributed by atoms with Gasteiger partial charge in [0.05, 0.1) is 17.2 Å². The molecule has 10 aromatic rings. The summed E-state index contributed by atoms with van der Waals surface area (Å²) in [5, 5.41) is 18.0. The van der Waals surface area contributed by atoms with Crippen LogP contribution in [0.2, 0.25) is 0 Å². The number of anilines is 2. The number of amides is 1. The molecule has 0 aliphatic carbocycles. The Kier molecular flexibility index (Phi) is 35.4. The summed E-state index contributed by atoms with van der Waals surface area (Å²) < 4.78 is 4.43. The van der Waals surface area contributed by atoms with Gasteiger partial charge in [-0.2, -0.15) is 5.10 Å². The van der Waals surface area contributed by atoms with Crippen LogP contribution in [0.3, 0.4) is 0 Å². The quantitative estimate of drug-likeness (QED) is 0.0138. The molecule has 13 nitrogen and oxygen atoms in total. The zero-order valence-corrected chi connectivity index (χ0v) is 68.3. The number of aromatic nitrogens is 6. The molecule has 8 aromatic carbocycles.